The SMILES string of the molecule is CC(C)[C@H](NC(=O)[C@H](CCC(=O)OC(C)(C)C)NC(=O)[C@H](CCCCNC(=O)OC(C)(C)C)NC(=O)[C@H](CCCCNC(=O)OC(C)(C)C)NC(=O)[C@@H](N)CCC(=O)OC(C)(C)C)C(=O)N[C@H](C(=O)N[C@@H](CCC(=O)OC(C)(C)C)C(=O)N[C@@H](CCC(=O)OC(C)(C)C)C(=O)N[C@@H](C)C(=O)N[C@@H](CCC(=O)OC(C)(C)C)C(=O)N[C@@H](CC(N)=O)C(=O)OC(C)(C)C)C(C)C. The van der Waals surface area contributed by atoms with Crippen LogP contribution in [-0.4, -0.2) is 237 Å². The fraction of sp³-hybridized carbons (Fsp3) is 0.784. The topological polar surface area (TPSA) is 595 Å². The maximum Gasteiger partial charge on any atom is 0.407 e. The minimum atomic E-state index is -1.80. The molecule has 0 fully saturated rings. The lowest BCUT2D eigenvalue weighted by molar-refractivity contribution is -0.160. The van der Waals surface area contributed by atoms with E-state index in [4.69, 9.17) is 49.4 Å². The van der Waals surface area contributed by atoms with Gasteiger partial charge in [-0.25, -0.2) is 14.4 Å². The lowest BCUT2D eigenvalue weighted by Gasteiger charge is -2.30. The predicted octanol–water partition coefficient (Wildman–Crippen LogP) is 4.71. The first-order valence-electron chi connectivity index (χ1n) is 44.0. The van der Waals surface area contributed by atoms with Crippen LogP contribution in [0.3, 0.4) is 0 Å². The fourth-order valence-corrected chi connectivity index (χ4v) is 11.6. The molecule has 0 saturated carbocycles. The van der Waals surface area contributed by atoms with Gasteiger partial charge in [-0.1, -0.05) is 27.7 Å². The summed E-state index contributed by atoms with van der Waals surface area (Å²) in [7, 11) is 0. The number of alkyl carbamates (subject to hydrolysis) is 2. The number of esters is 6. The van der Waals surface area contributed by atoms with E-state index >= 15 is 9.59 Å². The summed E-state index contributed by atoms with van der Waals surface area (Å²) in [5.41, 5.74) is 3.95. The number of amides is 13. The van der Waals surface area contributed by atoms with Crippen LogP contribution < -0.4 is 75.3 Å². The van der Waals surface area contributed by atoms with Crippen molar-refractivity contribution in [2.75, 3.05) is 13.1 Å². The number of rotatable bonds is 50. The first-order chi connectivity index (χ1) is 58.6. The van der Waals surface area contributed by atoms with Crippen LogP contribution in [0.25, 0.3) is 0 Å². The monoisotopic (exact) mass is 1840 g/mol. The molecular formula is C88H154N14O27. The summed E-state index contributed by atoms with van der Waals surface area (Å²) in [6, 6.07) is -17.9. The summed E-state index contributed by atoms with van der Waals surface area (Å²) < 4.78 is 43.5. The Morgan fingerprint density at radius 2 is 0.488 bits per heavy atom. The number of carbonyl (C=O) groups excluding carboxylic acids is 19. The smallest absolute Gasteiger partial charge is 0.407 e. The molecule has 0 spiro atoms. The lowest BCUT2D eigenvalue weighted by Crippen LogP contribution is -2.62. The maximum absolute atomic E-state index is 15.1. The van der Waals surface area contributed by atoms with Crippen molar-refractivity contribution in [3.05, 3.63) is 0 Å². The molecule has 0 aliphatic rings. The number of hydrogen-bond donors (Lipinski definition) is 14. The molecule has 129 heavy (non-hydrogen) atoms. The van der Waals surface area contributed by atoms with Gasteiger partial charge in [0.1, 0.15) is 105 Å². The highest BCUT2D eigenvalue weighted by Gasteiger charge is 2.40. The number of nitrogens with one attached hydrogen (secondary N) is 12. The van der Waals surface area contributed by atoms with E-state index in [1.54, 1.807) is 145 Å². The Morgan fingerprint density at radius 1 is 0.256 bits per heavy atom. The summed E-state index contributed by atoms with van der Waals surface area (Å²) in [5, 5.41) is 30.7. The normalized spacial score (nSPS) is 14.7. The van der Waals surface area contributed by atoms with E-state index in [2.05, 4.69) is 63.8 Å². The van der Waals surface area contributed by atoms with E-state index in [0.29, 0.717) is 0 Å². The average Bonchev–Trinajstić information content (AvgIpc) is 0.851. The van der Waals surface area contributed by atoms with Crippen LogP contribution in [0.15, 0.2) is 0 Å². The molecule has 0 saturated heterocycles. The van der Waals surface area contributed by atoms with E-state index in [1.807, 2.05) is 0 Å². The molecule has 41 nitrogen and oxygen atoms in total. The zero-order valence-corrected chi connectivity index (χ0v) is 81.6. The molecule has 0 aromatic carbocycles. The number of ether oxygens (including phenoxy) is 8. The second-order valence-corrected chi connectivity index (χ2v) is 40.4. The Bertz CT molecular complexity index is 3790. The summed E-state index contributed by atoms with van der Waals surface area (Å²) in [4.78, 5) is 263. The highest BCUT2D eigenvalue weighted by molar-refractivity contribution is 6.00. The molecule has 738 valence electrons. The van der Waals surface area contributed by atoms with Gasteiger partial charge in [-0.2, -0.15) is 0 Å². The Balaban J connectivity index is 8.05. The van der Waals surface area contributed by atoms with Crippen molar-refractivity contribution in [3.63, 3.8) is 0 Å². The van der Waals surface area contributed by atoms with Crippen molar-refractivity contribution >= 4 is 113 Å². The molecule has 0 radical (unpaired) electrons. The molecule has 13 amide bonds. The van der Waals surface area contributed by atoms with Crippen molar-refractivity contribution in [1.29, 1.82) is 0 Å². The fourth-order valence-electron chi connectivity index (χ4n) is 11.6. The van der Waals surface area contributed by atoms with Gasteiger partial charge in [-0.15, -0.1) is 0 Å². The average molecular weight is 1840 g/mol. The van der Waals surface area contributed by atoms with E-state index < -0.39 is 294 Å². The van der Waals surface area contributed by atoms with Crippen molar-refractivity contribution in [2.45, 2.75) is 421 Å². The van der Waals surface area contributed by atoms with Crippen LogP contribution in [0.5, 0.6) is 0 Å². The Kier molecular flexibility index (Phi) is 49.2. The Labute approximate surface area is 760 Å². The van der Waals surface area contributed by atoms with Crippen LogP contribution in [0, 0.1) is 11.8 Å². The largest absolute Gasteiger partial charge is 0.460 e. The standard InChI is InChI=1S/C88H154N14O27/c1-49(2)66(76(117)99-57(39-44-64(107)125-84(15,16)17)73(114)97-55(37-42-62(105)123-82(9,10)11)70(111)93-51(5)68(109)94-56(38-43-63(106)124-83(12,13)14)74(115)100-59(48-60(90)103)78(119)127-86(21,22)23)102-77(118)67(50(3)4)101-75(116)58(40-45-65(108)126-85(18,19)20)98-72(113)54(35-31-33-47-92-80(121)129-88(27,28)29)96-71(112)53(34-30-32-46-91-79(120)128-87(24,25)26)95-69(110)52(89)36-41-61(104)122-81(6,7)8/h49-59,66-67H,30-48,89H2,1-29H3,(H2,90,103)(H,91,120)(H,92,121)(H,93,111)(H,94,109)(H,95,110)(H,96,112)(H,97,114)(H,98,113)(H,99,117)(H,100,115)(H,101,116)(H,102,118)/t51-,52-,53-,54-,55-,56-,57-,58-,59-,66-,67-/m0/s1. The number of carbonyl (C=O) groups is 19. The molecule has 0 aliphatic carbocycles. The van der Waals surface area contributed by atoms with Gasteiger partial charge in [0, 0.05) is 45.2 Å². The molecule has 0 unspecified atom stereocenters. The van der Waals surface area contributed by atoms with Gasteiger partial charge in [0.05, 0.1) is 12.5 Å². The van der Waals surface area contributed by atoms with E-state index in [1.165, 1.54) is 55.4 Å². The molecule has 0 heterocycles. The minimum absolute atomic E-state index is 0.0198. The molecule has 0 rings (SSSR count). The molecule has 41 heteroatoms. The molecule has 0 aromatic rings. The molecule has 0 aromatic heterocycles. The van der Waals surface area contributed by atoms with E-state index in [-0.39, 0.29) is 64.5 Å². The van der Waals surface area contributed by atoms with Crippen molar-refractivity contribution in [3.8, 4) is 0 Å². The van der Waals surface area contributed by atoms with Gasteiger partial charge in [0.15, 0.2) is 0 Å². The number of hydrogen-bond acceptors (Lipinski definition) is 28. The molecule has 0 aliphatic heterocycles. The van der Waals surface area contributed by atoms with Crippen LogP contribution in [-0.2, 0) is 119 Å². The Morgan fingerprint density at radius 3 is 0.775 bits per heavy atom. The number of nitrogens with two attached hydrogens (primary N) is 2. The predicted molar refractivity (Wildman–Crippen MR) is 474 cm³/mol. The van der Waals surface area contributed by atoms with Crippen LogP contribution in [0.4, 0.5) is 9.59 Å². The highest BCUT2D eigenvalue weighted by Crippen LogP contribution is 2.21. The molecule has 16 N–H and O–H groups in total. The van der Waals surface area contributed by atoms with Crippen LogP contribution in [0.1, 0.15) is 310 Å². The number of primary amides is 1. The first kappa shape index (κ1) is 118. The van der Waals surface area contributed by atoms with Crippen molar-refractivity contribution in [2.24, 2.45) is 23.3 Å². The van der Waals surface area contributed by atoms with Crippen molar-refractivity contribution < 1.29 is 129 Å². The maximum atomic E-state index is 15.1. The number of unbranched alkanes of at least 4 members (excludes halogenated alkanes) is 2. The zero-order valence-electron chi connectivity index (χ0n) is 81.6. The summed E-state index contributed by atoms with van der Waals surface area (Å²) in [5.74, 6) is -18.2. The van der Waals surface area contributed by atoms with Gasteiger partial charge < -0.3 is 113 Å². The van der Waals surface area contributed by atoms with Crippen LogP contribution >= 0.6 is 0 Å². The zero-order chi connectivity index (χ0) is 100. The minimum Gasteiger partial charge on any atom is -0.460 e. The summed E-state index contributed by atoms with van der Waals surface area (Å²) in [6.07, 6.45) is -6.52. The van der Waals surface area contributed by atoms with E-state index in [0.717, 1.165) is 0 Å². The second kappa shape index (κ2) is 53.6. The molecule has 11 atom stereocenters. The summed E-state index contributed by atoms with van der Waals surface area (Å²) >= 11 is 0. The van der Waals surface area contributed by atoms with Gasteiger partial charge in [-0.3, -0.25) is 76.7 Å². The quantitative estimate of drug-likeness (QED) is 0.0223. The summed E-state index contributed by atoms with van der Waals surface area (Å²) in [6.45, 7) is 45.9. The van der Waals surface area contributed by atoms with Gasteiger partial charge >= 0.3 is 48.0 Å². The van der Waals surface area contributed by atoms with Gasteiger partial charge in [0.2, 0.25) is 65.0 Å². The molecule has 0 bridgehead atoms. The molecular weight excluding hydrogens is 1690 g/mol. The third-order valence-electron chi connectivity index (χ3n) is 17.3. The third-order valence-corrected chi connectivity index (χ3v) is 17.3. The van der Waals surface area contributed by atoms with Crippen LogP contribution in [0.2, 0.25) is 0 Å². The van der Waals surface area contributed by atoms with E-state index in [9.17, 15) is 81.5 Å². The van der Waals surface area contributed by atoms with Gasteiger partial charge in [-0.05, 0) is 256 Å². The third kappa shape index (κ3) is 56.5. The highest BCUT2D eigenvalue weighted by atomic mass is 16.6. The lowest BCUT2D eigenvalue weighted by atomic mass is 9.98. The second-order valence-electron chi connectivity index (χ2n) is 40.4. The van der Waals surface area contributed by atoms with Crippen molar-refractivity contribution in [1.82, 2.24) is 63.8 Å². The van der Waals surface area contributed by atoms with Gasteiger partial charge in [0.25, 0.3) is 0 Å². The first-order valence-corrected chi connectivity index (χ1v) is 44.0. The Hall–Kier alpha value is -10.5.